The first kappa shape index (κ1) is 14.6. The smallest absolute Gasteiger partial charge is 0.240 e. The normalized spacial score (nSPS) is 34.5. The van der Waals surface area contributed by atoms with Crippen molar-refractivity contribution in [1.29, 1.82) is 0 Å². The van der Waals surface area contributed by atoms with Gasteiger partial charge in [0.15, 0.2) is 5.84 Å². The summed E-state index contributed by atoms with van der Waals surface area (Å²) in [5.74, 6) is -0.431. The van der Waals surface area contributed by atoms with E-state index in [-0.39, 0.29) is 11.7 Å². The topological polar surface area (TPSA) is 122 Å². The van der Waals surface area contributed by atoms with E-state index in [0.717, 1.165) is 12.8 Å². The molecule has 0 aromatic carbocycles. The predicted molar refractivity (Wildman–Crippen MR) is 72.8 cm³/mol. The van der Waals surface area contributed by atoms with E-state index in [9.17, 15) is 9.59 Å². The Hall–Kier alpha value is -1.79. The molecular formula is C13H22N4O3. The summed E-state index contributed by atoms with van der Waals surface area (Å²) in [6.07, 6.45) is 3.40. The number of likely N-dealkylation sites (tertiary alicyclic amines) is 1. The number of hydrogen-bond donors (Lipinski definition) is 3. The Kier molecular flexibility index (Phi) is 3.87. The van der Waals surface area contributed by atoms with Crippen LogP contribution in [0.1, 0.15) is 39.0 Å². The maximum Gasteiger partial charge on any atom is 0.240 e. The van der Waals surface area contributed by atoms with E-state index in [1.54, 1.807) is 0 Å². The number of primary amides is 1. The van der Waals surface area contributed by atoms with Crippen molar-refractivity contribution in [1.82, 2.24) is 4.90 Å². The van der Waals surface area contributed by atoms with Crippen molar-refractivity contribution in [2.24, 2.45) is 28.0 Å². The zero-order valence-electron chi connectivity index (χ0n) is 11.7. The Bertz CT molecular complexity index is 443. The van der Waals surface area contributed by atoms with Gasteiger partial charge in [-0.25, -0.2) is 0 Å². The molecule has 0 aromatic rings. The lowest BCUT2D eigenvalue weighted by atomic mass is 9.60. The van der Waals surface area contributed by atoms with Crippen LogP contribution < -0.4 is 11.5 Å². The maximum absolute atomic E-state index is 12.8. The first-order valence-electron chi connectivity index (χ1n) is 7.01. The number of nitrogens with two attached hydrogens (primary N) is 2. The summed E-state index contributed by atoms with van der Waals surface area (Å²) in [6, 6.07) is -0.574. The van der Waals surface area contributed by atoms with Crippen LogP contribution in [0.25, 0.3) is 0 Å². The number of amidine groups is 1. The van der Waals surface area contributed by atoms with E-state index in [0.29, 0.717) is 31.7 Å². The third-order valence-corrected chi connectivity index (χ3v) is 4.49. The van der Waals surface area contributed by atoms with Gasteiger partial charge in [-0.1, -0.05) is 12.1 Å². The lowest BCUT2D eigenvalue weighted by Crippen LogP contribution is -2.62. The van der Waals surface area contributed by atoms with Gasteiger partial charge in [0, 0.05) is 6.54 Å². The quantitative estimate of drug-likeness (QED) is 0.292. The number of carbonyl (C=O) groups excluding carboxylic acids is 2. The first-order valence-corrected chi connectivity index (χ1v) is 7.01. The van der Waals surface area contributed by atoms with Crippen LogP contribution in [0.15, 0.2) is 5.16 Å². The second-order valence-corrected chi connectivity index (χ2v) is 5.99. The lowest BCUT2D eigenvalue weighted by molar-refractivity contribution is -0.151. The van der Waals surface area contributed by atoms with Gasteiger partial charge >= 0.3 is 0 Å². The molecule has 7 nitrogen and oxygen atoms in total. The van der Waals surface area contributed by atoms with E-state index in [1.165, 1.54) is 4.90 Å². The second-order valence-electron chi connectivity index (χ2n) is 5.99. The number of piperidine rings is 1. The van der Waals surface area contributed by atoms with Crippen molar-refractivity contribution in [3.05, 3.63) is 0 Å². The number of carbonyl (C=O) groups is 2. The van der Waals surface area contributed by atoms with Crippen LogP contribution in [0.2, 0.25) is 0 Å². The number of amides is 2. The van der Waals surface area contributed by atoms with E-state index >= 15 is 0 Å². The van der Waals surface area contributed by atoms with Gasteiger partial charge in [-0.2, -0.15) is 0 Å². The highest BCUT2D eigenvalue weighted by atomic mass is 16.4. The Morgan fingerprint density at radius 3 is 2.45 bits per heavy atom. The van der Waals surface area contributed by atoms with Crippen LogP contribution >= 0.6 is 0 Å². The van der Waals surface area contributed by atoms with Crippen LogP contribution in [0.3, 0.4) is 0 Å². The van der Waals surface area contributed by atoms with Gasteiger partial charge in [-0.3, -0.25) is 9.59 Å². The van der Waals surface area contributed by atoms with E-state index in [4.69, 9.17) is 16.7 Å². The molecule has 1 unspecified atom stereocenters. The molecule has 2 rings (SSSR count). The zero-order valence-corrected chi connectivity index (χ0v) is 11.7. The highest BCUT2D eigenvalue weighted by molar-refractivity contribution is 6.08. The van der Waals surface area contributed by atoms with Crippen LogP contribution in [0, 0.1) is 11.3 Å². The fourth-order valence-corrected chi connectivity index (χ4v) is 3.46. The summed E-state index contributed by atoms with van der Waals surface area (Å²) in [4.78, 5) is 25.9. The molecule has 5 N–H and O–H groups in total. The Balaban J connectivity index is 2.25. The minimum absolute atomic E-state index is 0.0607. The average Bonchev–Trinajstić information content (AvgIpc) is 2.42. The monoisotopic (exact) mass is 282 g/mol. The van der Waals surface area contributed by atoms with Gasteiger partial charge < -0.3 is 21.6 Å². The van der Waals surface area contributed by atoms with E-state index in [2.05, 4.69) is 5.16 Å². The fraction of sp³-hybridized carbons (Fsp3) is 0.769. The Morgan fingerprint density at radius 2 is 1.95 bits per heavy atom. The Labute approximate surface area is 118 Å². The van der Waals surface area contributed by atoms with Crippen molar-refractivity contribution in [3.63, 3.8) is 0 Å². The standard InChI is InChI=1S/C13H22N4O3/c1-8-6-13(7-8,11(15)16-20)12(19)17-5-3-2-4-9(17)10(14)18/h8-9,20H,2-7H2,1H3,(H2,14,18)(H2,15,16). The lowest BCUT2D eigenvalue weighted by Gasteiger charge is -2.48. The van der Waals surface area contributed by atoms with Gasteiger partial charge in [0.1, 0.15) is 11.5 Å². The maximum atomic E-state index is 12.8. The molecule has 1 saturated carbocycles. The highest BCUT2D eigenvalue weighted by Gasteiger charge is 2.55. The third-order valence-electron chi connectivity index (χ3n) is 4.49. The Morgan fingerprint density at radius 1 is 1.30 bits per heavy atom. The van der Waals surface area contributed by atoms with Crippen molar-refractivity contribution < 1.29 is 14.8 Å². The molecule has 2 aliphatic rings. The molecule has 20 heavy (non-hydrogen) atoms. The van der Waals surface area contributed by atoms with E-state index < -0.39 is 17.4 Å². The molecule has 2 amide bonds. The molecule has 0 spiro atoms. The van der Waals surface area contributed by atoms with Crippen molar-refractivity contribution in [3.8, 4) is 0 Å². The summed E-state index contributed by atoms with van der Waals surface area (Å²) >= 11 is 0. The molecule has 1 atom stereocenters. The SMILES string of the molecule is CC1CC(C(=O)N2CCCCC2C(N)=O)(C(N)=NO)C1. The van der Waals surface area contributed by atoms with Gasteiger partial charge in [0.2, 0.25) is 11.8 Å². The molecule has 112 valence electrons. The summed E-state index contributed by atoms with van der Waals surface area (Å²) in [5.41, 5.74) is 10.2. The molecule has 1 aliphatic heterocycles. The number of hydrogen-bond acceptors (Lipinski definition) is 4. The van der Waals surface area contributed by atoms with Crippen molar-refractivity contribution in [2.45, 2.75) is 45.1 Å². The number of oxime groups is 1. The molecule has 0 bridgehead atoms. The minimum atomic E-state index is -0.959. The number of nitrogens with zero attached hydrogens (tertiary/aromatic N) is 2. The highest BCUT2D eigenvalue weighted by Crippen LogP contribution is 2.47. The average molecular weight is 282 g/mol. The summed E-state index contributed by atoms with van der Waals surface area (Å²) < 4.78 is 0. The van der Waals surface area contributed by atoms with E-state index in [1.807, 2.05) is 6.92 Å². The van der Waals surface area contributed by atoms with Crippen LogP contribution in [-0.2, 0) is 9.59 Å². The number of rotatable bonds is 3. The summed E-state index contributed by atoms with van der Waals surface area (Å²) in [6.45, 7) is 2.51. The van der Waals surface area contributed by atoms with Crippen LogP contribution in [0.4, 0.5) is 0 Å². The molecule has 0 aromatic heterocycles. The zero-order chi connectivity index (χ0) is 14.9. The third kappa shape index (κ3) is 2.21. The predicted octanol–water partition coefficient (Wildman–Crippen LogP) is 0.0155. The van der Waals surface area contributed by atoms with Gasteiger partial charge in [-0.05, 0) is 38.0 Å². The van der Waals surface area contributed by atoms with Crippen LogP contribution in [0.5, 0.6) is 0 Å². The summed E-state index contributed by atoms with van der Waals surface area (Å²) in [7, 11) is 0. The van der Waals surface area contributed by atoms with Gasteiger partial charge in [0.05, 0.1) is 0 Å². The second kappa shape index (κ2) is 5.30. The molecule has 1 saturated heterocycles. The molecule has 1 heterocycles. The summed E-state index contributed by atoms with van der Waals surface area (Å²) in [5, 5.41) is 12.0. The molecule has 2 fully saturated rings. The molecule has 0 radical (unpaired) electrons. The van der Waals surface area contributed by atoms with Gasteiger partial charge in [0.25, 0.3) is 0 Å². The molecule has 7 heteroatoms. The van der Waals surface area contributed by atoms with Gasteiger partial charge in [-0.15, -0.1) is 0 Å². The molecular weight excluding hydrogens is 260 g/mol. The van der Waals surface area contributed by atoms with Crippen molar-refractivity contribution >= 4 is 17.6 Å². The minimum Gasteiger partial charge on any atom is -0.409 e. The molecule has 1 aliphatic carbocycles. The van der Waals surface area contributed by atoms with Crippen molar-refractivity contribution in [2.75, 3.05) is 6.54 Å². The first-order chi connectivity index (χ1) is 9.42. The fourth-order valence-electron chi connectivity index (χ4n) is 3.46. The largest absolute Gasteiger partial charge is 0.409 e. The van der Waals surface area contributed by atoms with Crippen LogP contribution in [-0.4, -0.2) is 40.3 Å².